The number of hydrogen-bond acceptors (Lipinski definition) is 0. The molecule has 0 radical (unpaired) electrons. The first kappa shape index (κ1) is 18.6. The zero-order valence-electron chi connectivity index (χ0n) is 15.4. The normalized spacial score (nSPS) is 12.2. The topological polar surface area (TPSA) is 0 Å². The molecule has 2 heteroatoms. The van der Waals surface area contributed by atoms with Crippen molar-refractivity contribution in [3.8, 4) is 0 Å². The van der Waals surface area contributed by atoms with Gasteiger partial charge in [-0.25, -0.2) is 0 Å². The second-order valence-corrected chi connectivity index (χ2v) is 12.5. The third kappa shape index (κ3) is 5.14. The van der Waals surface area contributed by atoms with E-state index >= 15 is 0 Å². The van der Waals surface area contributed by atoms with Gasteiger partial charge in [-0.05, 0) is 61.2 Å². The average Bonchev–Trinajstić information content (AvgIpc) is 2.46. The predicted molar refractivity (Wildman–Crippen MR) is 110 cm³/mol. The Labute approximate surface area is 145 Å². The zero-order valence-corrected chi connectivity index (χ0v) is 17.2. The summed E-state index contributed by atoms with van der Waals surface area (Å²) in [6, 6.07) is 18.4. The van der Waals surface area contributed by atoms with Crippen molar-refractivity contribution in [1.82, 2.24) is 0 Å². The van der Waals surface area contributed by atoms with E-state index in [4.69, 9.17) is 0 Å². The molecule has 23 heavy (non-hydrogen) atoms. The Kier molecular flexibility index (Phi) is 6.41. The molecule has 0 amide bonds. The fraction of sp³-hybridized carbons (Fsp3) is 0.429. The van der Waals surface area contributed by atoms with Crippen molar-refractivity contribution in [2.24, 2.45) is 0 Å². The van der Waals surface area contributed by atoms with Gasteiger partial charge in [0, 0.05) is 5.41 Å². The van der Waals surface area contributed by atoms with Crippen LogP contribution in [0.4, 0.5) is 0 Å². The number of hydrogen-bond donors (Lipinski definition) is 0. The van der Waals surface area contributed by atoms with Crippen LogP contribution in [0, 0.1) is 0 Å². The lowest BCUT2D eigenvalue weighted by molar-refractivity contribution is 0.639. The number of benzene rings is 2. The molecule has 0 aliphatic carbocycles. The maximum Gasteiger partial charge on any atom is 0.0146 e. The third-order valence-electron chi connectivity index (χ3n) is 4.29. The molecule has 0 nitrogen and oxygen atoms in total. The van der Waals surface area contributed by atoms with E-state index < -0.39 is 0 Å². The first-order valence-electron chi connectivity index (χ1n) is 8.27. The first-order chi connectivity index (χ1) is 10.8. The Morgan fingerprint density at radius 1 is 0.696 bits per heavy atom. The van der Waals surface area contributed by atoms with E-state index in [1.807, 2.05) is 0 Å². The molecule has 0 aromatic heterocycles. The van der Waals surface area contributed by atoms with E-state index in [9.17, 15) is 0 Å². The van der Waals surface area contributed by atoms with Crippen LogP contribution in [0.25, 0.3) is 0 Å². The third-order valence-corrected chi connectivity index (χ3v) is 6.29. The molecule has 2 aromatic carbocycles. The maximum atomic E-state index is 2.42. The average molecular weight is 344 g/mol. The Morgan fingerprint density at radius 3 is 1.43 bits per heavy atom. The van der Waals surface area contributed by atoms with E-state index in [-0.39, 0.29) is 21.3 Å². The molecule has 0 fully saturated rings. The summed E-state index contributed by atoms with van der Waals surface area (Å²) in [5, 5.41) is 0. The Bertz CT molecular complexity index is 586. The summed E-state index contributed by atoms with van der Waals surface area (Å²) in [5.41, 5.74) is 5.88. The monoisotopic (exact) mass is 344 g/mol. The van der Waals surface area contributed by atoms with Gasteiger partial charge in [0.2, 0.25) is 0 Å². The van der Waals surface area contributed by atoms with Crippen molar-refractivity contribution in [2.45, 2.75) is 31.6 Å². The minimum absolute atomic E-state index is 0.0560. The van der Waals surface area contributed by atoms with Crippen LogP contribution in [0.1, 0.15) is 36.1 Å². The highest BCUT2D eigenvalue weighted by molar-refractivity contribution is 7.55. The molecule has 2 aromatic rings. The van der Waals surface area contributed by atoms with Crippen molar-refractivity contribution in [3.63, 3.8) is 0 Å². The molecule has 0 unspecified atom stereocenters. The van der Waals surface area contributed by atoms with Crippen LogP contribution >= 0.6 is 15.8 Å². The summed E-state index contributed by atoms with van der Waals surface area (Å²) < 4.78 is 0. The molecule has 0 aliphatic heterocycles. The van der Waals surface area contributed by atoms with Crippen molar-refractivity contribution >= 4 is 15.8 Å². The molecule has 0 N–H and O–H groups in total. The van der Waals surface area contributed by atoms with Crippen molar-refractivity contribution in [1.29, 1.82) is 0 Å². The molecule has 0 bridgehead atoms. The van der Waals surface area contributed by atoms with E-state index in [1.165, 1.54) is 34.6 Å². The minimum atomic E-state index is 0.0560. The SMILES string of the molecule is CP(C)Cc1cccc(C(C)(C)c2cccc(CP(C)C)c2)c1. The fourth-order valence-corrected chi connectivity index (χ4v) is 4.87. The van der Waals surface area contributed by atoms with Gasteiger partial charge in [0.25, 0.3) is 0 Å². The molecule has 124 valence electrons. The van der Waals surface area contributed by atoms with Crippen LogP contribution in [-0.4, -0.2) is 26.7 Å². The van der Waals surface area contributed by atoms with Gasteiger partial charge in [-0.2, -0.15) is 0 Å². The zero-order chi connectivity index (χ0) is 17.0. The van der Waals surface area contributed by atoms with Crippen LogP contribution in [0.15, 0.2) is 48.5 Å². The maximum absolute atomic E-state index is 2.42. The lowest BCUT2D eigenvalue weighted by Gasteiger charge is -2.27. The molecule has 0 saturated carbocycles. The van der Waals surface area contributed by atoms with Crippen molar-refractivity contribution < 1.29 is 0 Å². The van der Waals surface area contributed by atoms with E-state index in [2.05, 4.69) is 89.0 Å². The smallest absolute Gasteiger partial charge is 0.0146 e. The summed E-state index contributed by atoms with van der Waals surface area (Å²) >= 11 is 0. The quantitative estimate of drug-likeness (QED) is 0.525. The Morgan fingerprint density at radius 2 is 1.09 bits per heavy atom. The highest BCUT2D eigenvalue weighted by Crippen LogP contribution is 2.37. The Hall–Kier alpha value is -0.700. The van der Waals surface area contributed by atoms with Gasteiger partial charge in [-0.3, -0.25) is 0 Å². The summed E-state index contributed by atoms with van der Waals surface area (Å²) in [4.78, 5) is 0. The molecule has 0 aliphatic rings. The minimum Gasteiger partial charge on any atom is -0.109 e. The van der Waals surface area contributed by atoms with Crippen molar-refractivity contribution in [2.75, 3.05) is 26.7 Å². The lowest BCUT2D eigenvalue weighted by atomic mass is 9.77. The van der Waals surface area contributed by atoms with Crippen LogP contribution in [0.5, 0.6) is 0 Å². The molecule has 0 atom stereocenters. The van der Waals surface area contributed by atoms with Gasteiger partial charge < -0.3 is 0 Å². The van der Waals surface area contributed by atoms with Gasteiger partial charge in [0.1, 0.15) is 0 Å². The second-order valence-electron chi connectivity index (χ2n) is 7.50. The van der Waals surface area contributed by atoms with Crippen LogP contribution in [0.2, 0.25) is 0 Å². The molecule has 0 saturated heterocycles. The standard InChI is InChI=1S/C21H30P2/c1-21(2,19-11-7-9-17(13-19)15-22(3)4)20-12-8-10-18(14-20)16-23(5)6/h7-14H,15-16H2,1-6H3. The second kappa shape index (κ2) is 7.92. The summed E-state index contributed by atoms with van der Waals surface area (Å²) in [7, 11) is 0.215. The molecule has 0 spiro atoms. The lowest BCUT2D eigenvalue weighted by Crippen LogP contribution is -2.19. The van der Waals surface area contributed by atoms with E-state index in [1.54, 1.807) is 0 Å². The summed E-state index contributed by atoms with van der Waals surface area (Å²) in [5.74, 6) is 0. The molecule has 2 rings (SSSR count). The Balaban J connectivity index is 2.34. The number of rotatable bonds is 6. The highest BCUT2D eigenvalue weighted by Gasteiger charge is 2.23. The molecular formula is C21H30P2. The van der Waals surface area contributed by atoms with Gasteiger partial charge in [-0.15, -0.1) is 15.8 Å². The van der Waals surface area contributed by atoms with Gasteiger partial charge in [0.15, 0.2) is 0 Å². The fourth-order valence-electron chi connectivity index (χ4n) is 3.01. The molecular weight excluding hydrogens is 314 g/mol. The van der Waals surface area contributed by atoms with Crippen LogP contribution < -0.4 is 0 Å². The summed E-state index contributed by atoms with van der Waals surface area (Å²) in [6.45, 7) is 14.1. The van der Waals surface area contributed by atoms with Gasteiger partial charge >= 0.3 is 0 Å². The van der Waals surface area contributed by atoms with Gasteiger partial charge in [-0.1, -0.05) is 62.4 Å². The summed E-state index contributed by atoms with van der Waals surface area (Å²) in [6.07, 6.45) is 2.44. The van der Waals surface area contributed by atoms with Crippen LogP contribution in [0.3, 0.4) is 0 Å². The van der Waals surface area contributed by atoms with E-state index in [0.29, 0.717) is 0 Å². The van der Waals surface area contributed by atoms with Crippen molar-refractivity contribution in [3.05, 3.63) is 70.8 Å². The molecule has 0 heterocycles. The van der Waals surface area contributed by atoms with Gasteiger partial charge in [0.05, 0.1) is 0 Å². The largest absolute Gasteiger partial charge is 0.109 e. The van der Waals surface area contributed by atoms with E-state index in [0.717, 1.165) is 0 Å². The van der Waals surface area contributed by atoms with Crippen LogP contribution in [-0.2, 0) is 17.7 Å². The first-order valence-corrected chi connectivity index (χ1v) is 13.1. The highest BCUT2D eigenvalue weighted by atomic mass is 31.1. The predicted octanol–water partition coefficient (Wildman–Crippen LogP) is 6.50.